The topological polar surface area (TPSA) is 218 Å². The minimum absolute atomic E-state index is 0.248. The van der Waals surface area contributed by atoms with Crippen LogP contribution in [0.4, 0.5) is 11.4 Å². The Morgan fingerprint density at radius 1 is 0.879 bits per heavy atom. The largest absolute Gasteiger partial charge is 0.480 e. The molecule has 0 aliphatic carbocycles. The zero-order chi connectivity index (χ0) is 25.0. The van der Waals surface area contributed by atoms with Gasteiger partial charge in [-0.05, 0) is 36.4 Å². The lowest BCUT2D eigenvalue weighted by Crippen LogP contribution is -2.32. The molecule has 0 heterocycles. The lowest BCUT2D eigenvalue weighted by atomic mass is 10.2. The Labute approximate surface area is 191 Å². The highest BCUT2D eigenvalue weighted by molar-refractivity contribution is 8.27. The fourth-order valence-electron chi connectivity index (χ4n) is 2.50. The molecular formula is C17H17N3O10S3. The Hall–Kier alpha value is -3.08. The number of thioether (sulfide) groups is 1. The summed E-state index contributed by atoms with van der Waals surface area (Å²) < 4.78 is 50.6. The summed E-state index contributed by atoms with van der Waals surface area (Å²) in [7, 11) is -9.33. The van der Waals surface area contributed by atoms with Gasteiger partial charge in [-0.1, -0.05) is 0 Å². The molecule has 0 unspecified atom stereocenters. The van der Waals surface area contributed by atoms with Crippen LogP contribution in [0.1, 0.15) is 6.42 Å². The van der Waals surface area contributed by atoms with Crippen LogP contribution >= 0.6 is 11.8 Å². The molecule has 0 saturated carbocycles. The van der Waals surface area contributed by atoms with E-state index in [1.54, 1.807) is 0 Å². The molecule has 0 spiro atoms. The first kappa shape index (κ1) is 26.2. The monoisotopic (exact) mass is 519 g/mol. The fraction of sp³-hybridized carbons (Fsp3) is 0.235. The van der Waals surface area contributed by atoms with Gasteiger partial charge >= 0.3 is 5.97 Å². The van der Waals surface area contributed by atoms with Crippen LogP contribution in [0, 0.1) is 20.2 Å². The number of hydrogen-bond donors (Lipinski definition) is 2. The van der Waals surface area contributed by atoms with Crippen LogP contribution in [0.15, 0.2) is 58.3 Å². The van der Waals surface area contributed by atoms with Crippen molar-refractivity contribution in [1.29, 1.82) is 0 Å². The second kappa shape index (κ2) is 10.2. The molecule has 2 rings (SSSR count). The van der Waals surface area contributed by atoms with Gasteiger partial charge in [-0.25, -0.2) is 16.8 Å². The van der Waals surface area contributed by atoms with E-state index >= 15 is 0 Å². The first-order chi connectivity index (χ1) is 15.3. The maximum absolute atomic E-state index is 13.2. The Bertz CT molecular complexity index is 1170. The van der Waals surface area contributed by atoms with Crippen molar-refractivity contribution in [3.8, 4) is 0 Å². The first-order valence-electron chi connectivity index (χ1n) is 8.85. The number of hydrogen-bond acceptors (Lipinski definition) is 11. The predicted octanol–water partition coefficient (Wildman–Crippen LogP) is 1.57. The van der Waals surface area contributed by atoms with E-state index < -0.39 is 66.6 Å². The van der Waals surface area contributed by atoms with E-state index in [-0.39, 0.29) is 12.2 Å². The summed E-state index contributed by atoms with van der Waals surface area (Å²) in [5, 5.41) is 30.5. The van der Waals surface area contributed by atoms with Crippen LogP contribution in [0.3, 0.4) is 0 Å². The quantitative estimate of drug-likeness (QED) is 0.319. The molecule has 0 saturated heterocycles. The van der Waals surface area contributed by atoms with Gasteiger partial charge in [0.2, 0.25) is 23.6 Å². The van der Waals surface area contributed by atoms with Gasteiger partial charge in [-0.15, -0.1) is 11.8 Å². The molecule has 0 amide bonds. The van der Waals surface area contributed by atoms with Gasteiger partial charge in [0.25, 0.3) is 11.4 Å². The Morgan fingerprint density at radius 3 is 1.55 bits per heavy atom. The average molecular weight is 520 g/mol. The van der Waals surface area contributed by atoms with Gasteiger partial charge in [0, 0.05) is 24.3 Å². The van der Waals surface area contributed by atoms with E-state index in [0.717, 1.165) is 48.5 Å². The summed E-state index contributed by atoms with van der Waals surface area (Å²) >= 11 is 0.405. The molecule has 0 aliphatic rings. The first-order valence-corrected chi connectivity index (χ1v) is 13.0. The zero-order valence-electron chi connectivity index (χ0n) is 16.5. The lowest BCUT2D eigenvalue weighted by molar-refractivity contribution is -0.385. The van der Waals surface area contributed by atoms with Crippen LogP contribution < -0.4 is 5.73 Å². The number of non-ortho nitro benzene ring substituents is 2. The Kier molecular flexibility index (Phi) is 8.12. The Balaban J connectivity index is 2.50. The number of aliphatic carboxylic acids is 1. The molecule has 16 heteroatoms. The zero-order valence-corrected chi connectivity index (χ0v) is 19.0. The second-order valence-corrected chi connectivity index (χ2v) is 12.7. The molecule has 2 aromatic carbocycles. The van der Waals surface area contributed by atoms with Crippen LogP contribution in [-0.2, 0) is 24.5 Å². The van der Waals surface area contributed by atoms with Gasteiger partial charge in [0.1, 0.15) is 6.04 Å². The van der Waals surface area contributed by atoms with Crippen molar-refractivity contribution in [1.82, 2.24) is 0 Å². The smallest absolute Gasteiger partial charge is 0.320 e. The van der Waals surface area contributed by atoms with E-state index in [0.29, 0.717) is 11.8 Å². The molecule has 2 aromatic rings. The lowest BCUT2D eigenvalue weighted by Gasteiger charge is -2.19. The van der Waals surface area contributed by atoms with Crippen molar-refractivity contribution in [2.45, 2.75) is 26.2 Å². The normalized spacial score (nSPS) is 12.9. The molecular weight excluding hydrogens is 502 g/mol. The number of carbonyl (C=O) groups is 1. The highest BCUT2D eigenvalue weighted by atomic mass is 32.3. The molecule has 0 fully saturated rings. The molecule has 3 N–H and O–H groups in total. The number of rotatable bonds is 11. The van der Waals surface area contributed by atoms with Gasteiger partial charge in [0.15, 0.2) is 0 Å². The SMILES string of the molecule is N[C@@H](CCSC(S(=O)(=O)c1ccc([N+](=O)[O-])cc1)S(=O)(=O)c1ccc([N+](=O)[O-])cc1)C(=O)O. The minimum Gasteiger partial charge on any atom is -0.480 e. The van der Waals surface area contributed by atoms with E-state index in [2.05, 4.69) is 0 Å². The van der Waals surface area contributed by atoms with Crippen molar-refractivity contribution >= 4 is 48.8 Å². The van der Waals surface area contributed by atoms with Crippen molar-refractivity contribution in [2.24, 2.45) is 5.73 Å². The number of nitro benzene ring substituents is 2. The third kappa shape index (κ3) is 6.04. The summed E-state index contributed by atoms with van der Waals surface area (Å²) in [6.45, 7) is 0. The molecule has 33 heavy (non-hydrogen) atoms. The summed E-state index contributed by atoms with van der Waals surface area (Å²) in [6, 6.07) is 5.76. The molecule has 0 radical (unpaired) electrons. The number of nitro groups is 2. The van der Waals surface area contributed by atoms with Gasteiger partial charge in [0.05, 0.1) is 19.6 Å². The Morgan fingerprint density at radius 2 is 1.24 bits per heavy atom. The molecule has 0 aromatic heterocycles. The number of carboxylic acids is 1. The minimum atomic E-state index is -4.66. The average Bonchev–Trinajstić information content (AvgIpc) is 2.76. The third-order valence-corrected chi connectivity index (χ3v) is 11.7. The number of sulfone groups is 2. The summed E-state index contributed by atoms with van der Waals surface area (Å²) in [5.74, 6) is -1.63. The number of nitrogens with zero attached hydrogens (tertiary/aromatic N) is 2. The van der Waals surface area contributed by atoms with Crippen LogP contribution in [0.5, 0.6) is 0 Å². The van der Waals surface area contributed by atoms with Gasteiger partial charge in [-0.3, -0.25) is 25.0 Å². The maximum Gasteiger partial charge on any atom is 0.320 e. The summed E-state index contributed by atoms with van der Waals surface area (Å²) in [4.78, 5) is 30.0. The number of carboxylic acid groups (broad SMARTS) is 1. The van der Waals surface area contributed by atoms with Crippen molar-refractivity contribution in [3.63, 3.8) is 0 Å². The molecule has 1 atom stereocenters. The summed E-state index contributed by atoms with van der Waals surface area (Å²) in [6.07, 6.45) is -0.248. The molecule has 0 aliphatic heterocycles. The van der Waals surface area contributed by atoms with E-state index in [9.17, 15) is 41.9 Å². The maximum atomic E-state index is 13.2. The number of benzene rings is 2. The molecule has 0 bridgehead atoms. The number of nitrogens with two attached hydrogens (primary N) is 1. The molecule has 178 valence electrons. The van der Waals surface area contributed by atoms with E-state index in [1.165, 1.54) is 0 Å². The standard InChI is InChI=1S/C17H17N3O10S3/c18-15(16(21)22)9-10-31-17(32(27,28)13-5-1-11(2-6-13)19(23)24)33(29,30)14-7-3-12(4-8-14)20(25)26/h1-8,15,17H,9-10,18H2,(H,21,22)/t15-/m0/s1. The highest BCUT2D eigenvalue weighted by Gasteiger charge is 2.41. The van der Waals surface area contributed by atoms with Crippen LogP contribution in [0.25, 0.3) is 0 Å². The second-order valence-electron chi connectivity index (χ2n) is 6.48. The van der Waals surface area contributed by atoms with Crippen LogP contribution in [0.2, 0.25) is 0 Å². The molecule has 13 nitrogen and oxygen atoms in total. The fourth-order valence-corrected chi connectivity index (χ4v) is 9.23. The summed E-state index contributed by atoms with van der Waals surface area (Å²) in [5.41, 5.74) is 4.57. The third-order valence-electron chi connectivity index (χ3n) is 4.26. The van der Waals surface area contributed by atoms with E-state index in [4.69, 9.17) is 10.8 Å². The predicted molar refractivity (Wildman–Crippen MR) is 117 cm³/mol. The van der Waals surface area contributed by atoms with Crippen molar-refractivity contribution in [3.05, 3.63) is 68.8 Å². The van der Waals surface area contributed by atoms with E-state index in [1.807, 2.05) is 0 Å². The van der Waals surface area contributed by atoms with Crippen molar-refractivity contribution < 1.29 is 36.6 Å². The van der Waals surface area contributed by atoms with Crippen LogP contribution in [-0.4, -0.2) is 53.5 Å². The highest BCUT2D eigenvalue weighted by Crippen LogP contribution is 2.35. The van der Waals surface area contributed by atoms with Gasteiger partial charge < -0.3 is 10.8 Å². The van der Waals surface area contributed by atoms with Gasteiger partial charge in [-0.2, -0.15) is 0 Å². The van der Waals surface area contributed by atoms with Crippen molar-refractivity contribution in [2.75, 3.05) is 5.75 Å².